The van der Waals surface area contributed by atoms with Crippen molar-refractivity contribution in [2.45, 2.75) is 38.6 Å². The van der Waals surface area contributed by atoms with E-state index in [0.29, 0.717) is 25.9 Å². The first-order chi connectivity index (χ1) is 15.4. The molecule has 2 amide bonds. The largest absolute Gasteiger partial charge is 0.355 e. The molecule has 0 aliphatic carbocycles. The Balaban J connectivity index is 1.38. The monoisotopic (exact) mass is 438 g/mol. The van der Waals surface area contributed by atoms with Crippen LogP contribution in [0.3, 0.4) is 0 Å². The van der Waals surface area contributed by atoms with Crippen molar-refractivity contribution in [3.8, 4) is 0 Å². The lowest BCUT2D eigenvalue weighted by atomic mass is 9.78. The summed E-state index contributed by atoms with van der Waals surface area (Å²) in [5.41, 5.74) is -0.426. The Kier molecular flexibility index (Phi) is 6.44. The fraction of sp³-hybridized carbons (Fsp3) is 0.480. The van der Waals surface area contributed by atoms with Gasteiger partial charge >= 0.3 is 0 Å². The van der Waals surface area contributed by atoms with Gasteiger partial charge in [0.15, 0.2) is 0 Å². The highest BCUT2D eigenvalue weighted by Crippen LogP contribution is 2.35. The number of halogens is 1. The second-order valence-corrected chi connectivity index (χ2v) is 9.18. The minimum absolute atomic E-state index is 0.0939. The molecule has 2 aliphatic rings. The van der Waals surface area contributed by atoms with Crippen LogP contribution in [-0.2, 0) is 4.79 Å². The van der Waals surface area contributed by atoms with Crippen LogP contribution in [0, 0.1) is 11.2 Å². The number of likely N-dealkylation sites (tertiary alicyclic amines) is 1. The molecule has 3 heterocycles. The lowest BCUT2D eigenvalue weighted by Crippen LogP contribution is -2.55. The van der Waals surface area contributed by atoms with Crippen LogP contribution in [0.4, 0.5) is 10.2 Å². The number of amides is 2. The van der Waals surface area contributed by atoms with Gasteiger partial charge in [0.1, 0.15) is 11.6 Å². The predicted octanol–water partition coefficient (Wildman–Crippen LogP) is 3.59. The molecule has 0 unspecified atom stereocenters. The van der Waals surface area contributed by atoms with Gasteiger partial charge in [0.25, 0.3) is 5.91 Å². The van der Waals surface area contributed by atoms with Crippen molar-refractivity contribution in [2.24, 2.45) is 5.41 Å². The highest BCUT2D eigenvalue weighted by atomic mass is 19.1. The number of hydrogen-bond acceptors (Lipinski definition) is 4. The van der Waals surface area contributed by atoms with E-state index in [9.17, 15) is 14.0 Å². The first-order valence-electron chi connectivity index (χ1n) is 11.4. The number of hydrogen-bond donors (Lipinski definition) is 0. The van der Waals surface area contributed by atoms with E-state index in [1.807, 2.05) is 37.1 Å². The summed E-state index contributed by atoms with van der Waals surface area (Å²) in [4.78, 5) is 36.5. The number of pyridine rings is 1. The predicted molar refractivity (Wildman–Crippen MR) is 122 cm³/mol. The Morgan fingerprint density at radius 2 is 1.81 bits per heavy atom. The Hall–Kier alpha value is -2.96. The Bertz CT molecular complexity index is 959. The molecule has 2 aliphatic heterocycles. The number of carbonyl (C=O) groups is 2. The van der Waals surface area contributed by atoms with Gasteiger partial charge in [-0.3, -0.25) is 9.59 Å². The molecule has 0 radical (unpaired) electrons. The van der Waals surface area contributed by atoms with E-state index in [4.69, 9.17) is 0 Å². The molecule has 6 nitrogen and oxygen atoms in total. The molecule has 2 aromatic rings. The minimum Gasteiger partial charge on any atom is -0.355 e. The van der Waals surface area contributed by atoms with Gasteiger partial charge in [-0.05, 0) is 49.9 Å². The molecule has 2 saturated heterocycles. The van der Waals surface area contributed by atoms with Gasteiger partial charge < -0.3 is 14.7 Å². The summed E-state index contributed by atoms with van der Waals surface area (Å²) < 4.78 is 14.0. The normalized spacial score (nSPS) is 20.7. The van der Waals surface area contributed by atoms with E-state index in [1.165, 1.54) is 12.1 Å². The molecule has 0 bridgehead atoms. The van der Waals surface area contributed by atoms with Gasteiger partial charge in [-0.25, -0.2) is 9.37 Å². The standard InChI is InChI=1S/C25H31FN4O2/c1-25(12-16-29(17-13-25)23(31)20-9-3-4-10-21(20)26)24(32)28(2)19-8-7-15-30(18-19)22-11-5-6-14-27-22/h3-6,9-11,14,19H,7-8,12-13,15-18H2,1-2H3/t19-/m1/s1. The Morgan fingerprint density at radius 3 is 2.50 bits per heavy atom. The van der Waals surface area contributed by atoms with Crippen LogP contribution in [0.5, 0.6) is 0 Å². The zero-order chi connectivity index (χ0) is 22.7. The van der Waals surface area contributed by atoms with Gasteiger partial charge in [-0.15, -0.1) is 0 Å². The van der Waals surface area contributed by atoms with Gasteiger partial charge in [-0.1, -0.05) is 25.1 Å². The van der Waals surface area contributed by atoms with Crippen LogP contribution in [-0.4, -0.2) is 65.9 Å². The number of piperidine rings is 2. The van der Waals surface area contributed by atoms with Crippen molar-refractivity contribution < 1.29 is 14.0 Å². The average Bonchev–Trinajstić information content (AvgIpc) is 2.84. The number of aromatic nitrogens is 1. The van der Waals surface area contributed by atoms with Crippen molar-refractivity contribution in [1.29, 1.82) is 0 Å². The van der Waals surface area contributed by atoms with Gasteiger partial charge in [0.2, 0.25) is 5.91 Å². The molecule has 1 aromatic heterocycles. The van der Waals surface area contributed by atoms with E-state index < -0.39 is 11.2 Å². The zero-order valence-electron chi connectivity index (χ0n) is 18.8. The number of carbonyl (C=O) groups excluding carboxylic acids is 2. The van der Waals surface area contributed by atoms with E-state index in [1.54, 1.807) is 23.2 Å². The Morgan fingerprint density at radius 1 is 1.09 bits per heavy atom. The van der Waals surface area contributed by atoms with E-state index in [0.717, 1.165) is 31.7 Å². The van der Waals surface area contributed by atoms with Gasteiger partial charge in [0.05, 0.1) is 5.56 Å². The maximum Gasteiger partial charge on any atom is 0.256 e. The van der Waals surface area contributed by atoms with Crippen molar-refractivity contribution in [3.05, 3.63) is 60.0 Å². The quantitative estimate of drug-likeness (QED) is 0.732. The summed E-state index contributed by atoms with van der Waals surface area (Å²) in [5.74, 6) is 0.272. The summed E-state index contributed by atoms with van der Waals surface area (Å²) in [7, 11) is 1.90. The molecule has 1 aromatic carbocycles. The highest BCUT2D eigenvalue weighted by molar-refractivity contribution is 5.94. The van der Waals surface area contributed by atoms with Crippen molar-refractivity contribution in [3.63, 3.8) is 0 Å². The number of nitrogens with zero attached hydrogens (tertiary/aromatic N) is 4. The molecule has 4 rings (SSSR count). The summed E-state index contributed by atoms with van der Waals surface area (Å²) in [6.45, 7) is 4.62. The van der Waals surface area contributed by atoms with Crippen molar-refractivity contribution in [2.75, 3.05) is 38.1 Å². The number of likely N-dealkylation sites (N-methyl/N-ethyl adjacent to an activating group) is 1. The van der Waals surface area contributed by atoms with Crippen LogP contribution in [0.25, 0.3) is 0 Å². The number of rotatable bonds is 4. The smallest absolute Gasteiger partial charge is 0.256 e. The highest BCUT2D eigenvalue weighted by Gasteiger charge is 2.42. The summed E-state index contributed by atoms with van der Waals surface area (Å²) >= 11 is 0. The molecule has 0 N–H and O–H groups in total. The fourth-order valence-corrected chi connectivity index (χ4v) is 4.83. The summed E-state index contributed by atoms with van der Waals surface area (Å²) in [5, 5.41) is 0. The summed E-state index contributed by atoms with van der Waals surface area (Å²) in [6.07, 6.45) is 4.94. The third-order valence-electron chi connectivity index (χ3n) is 7.01. The fourth-order valence-electron chi connectivity index (χ4n) is 4.83. The maximum absolute atomic E-state index is 14.0. The van der Waals surface area contributed by atoms with Crippen LogP contribution < -0.4 is 4.90 Å². The lowest BCUT2D eigenvalue weighted by molar-refractivity contribution is -0.144. The molecule has 1 atom stereocenters. The second-order valence-electron chi connectivity index (χ2n) is 9.18. The second kappa shape index (κ2) is 9.27. The molecule has 7 heteroatoms. The molecular weight excluding hydrogens is 407 g/mol. The third kappa shape index (κ3) is 4.47. The maximum atomic E-state index is 14.0. The number of benzene rings is 1. The van der Waals surface area contributed by atoms with E-state index >= 15 is 0 Å². The van der Waals surface area contributed by atoms with Crippen LogP contribution in [0.15, 0.2) is 48.7 Å². The van der Waals surface area contributed by atoms with E-state index in [2.05, 4.69) is 9.88 Å². The van der Waals surface area contributed by atoms with E-state index in [-0.39, 0.29) is 23.4 Å². The topological polar surface area (TPSA) is 56.8 Å². The number of anilines is 1. The molecule has 0 saturated carbocycles. The lowest BCUT2D eigenvalue weighted by Gasteiger charge is -2.44. The summed E-state index contributed by atoms with van der Waals surface area (Å²) in [6, 6.07) is 12.1. The molecule has 0 spiro atoms. The van der Waals surface area contributed by atoms with Gasteiger partial charge in [-0.2, -0.15) is 0 Å². The SMILES string of the molecule is CN(C(=O)C1(C)CCN(C(=O)c2ccccc2F)CC1)[C@@H]1CCCN(c2ccccn2)C1. The van der Waals surface area contributed by atoms with Crippen LogP contribution >= 0.6 is 0 Å². The minimum atomic E-state index is -0.520. The van der Waals surface area contributed by atoms with Crippen molar-refractivity contribution >= 4 is 17.6 Å². The molecular formula is C25H31FN4O2. The molecule has 170 valence electrons. The van der Waals surface area contributed by atoms with Crippen molar-refractivity contribution in [1.82, 2.24) is 14.8 Å². The first kappa shape index (κ1) is 22.2. The Labute approximate surface area is 189 Å². The van der Waals surface area contributed by atoms with Crippen LogP contribution in [0.2, 0.25) is 0 Å². The third-order valence-corrected chi connectivity index (χ3v) is 7.01. The van der Waals surface area contributed by atoms with Gasteiger partial charge in [0, 0.05) is 50.9 Å². The first-order valence-corrected chi connectivity index (χ1v) is 11.4. The average molecular weight is 439 g/mol. The molecule has 32 heavy (non-hydrogen) atoms. The molecule has 2 fully saturated rings. The van der Waals surface area contributed by atoms with Crippen LogP contribution in [0.1, 0.15) is 43.0 Å². The zero-order valence-corrected chi connectivity index (χ0v) is 18.8.